The van der Waals surface area contributed by atoms with E-state index >= 15 is 0 Å². The molecule has 0 spiro atoms. The van der Waals surface area contributed by atoms with Crippen molar-refractivity contribution in [3.63, 3.8) is 0 Å². The van der Waals surface area contributed by atoms with E-state index in [0.29, 0.717) is 55.1 Å². The van der Waals surface area contributed by atoms with Gasteiger partial charge in [-0.15, -0.1) is 0 Å². The molecule has 0 amide bonds. The van der Waals surface area contributed by atoms with Gasteiger partial charge in [0.2, 0.25) is 10.0 Å². The molecule has 1 aromatic carbocycles. The van der Waals surface area contributed by atoms with Crippen molar-refractivity contribution in [2.75, 3.05) is 13.2 Å². The molecule has 1 N–H and O–H groups in total. The van der Waals surface area contributed by atoms with Gasteiger partial charge in [0.05, 0.1) is 22.5 Å². The Morgan fingerprint density at radius 3 is 2.51 bits per heavy atom. The fourth-order valence-electron chi connectivity index (χ4n) is 4.17. The highest BCUT2D eigenvalue weighted by atomic mass is 32.2. The summed E-state index contributed by atoms with van der Waals surface area (Å²) in [5.74, 6) is -0.469. The van der Waals surface area contributed by atoms with Gasteiger partial charge in [0.15, 0.2) is 0 Å². The van der Waals surface area contributed by atoms with Crippen LogP contribution in [0.5, 0.6) is 0 Å². The molecule has 4 rings (SSSR count). The first kappa shape index (κ1) is 25.1. The van der Waals surface area contributed by atoms with Crippen molar-refractivity contribution in [1.82, 2.24) is 14.3 Å². The average molecular weight is 511 g/mol. The van der Waals surface area contributed by atoms with E-state index in [1.807, 2.05) is 4.57 Å². The molecule has 3 heterocycles. The summed E-state index contributed by atoms with van der Waals surface area (Å²) in [5.41, 5.74) is 1.85. The van der Waals surface area contributed by atoms with Gasteiger partial charge in [0, 0.05) is 30.8 Å². The number of pyridine rings is 1. The first-order valence-corrected chi connectivity index (χ1v) is 12.3. The van der Waals surface area contributed by atoms with E-state index in [1.165, 1.54) is 12.1 Å². The van der Waals surface area contributed by atoms with E-state index in [-0.39, 0.29) is 17.3 Å². The summed E-state index contributed by atoms with van der Waals surface area (Å²) in [7, 11) is -4.49. The van der Waals surface area contributed by atoms with Crippen LogP contribution >= 0.6 is 0 Å². The Labute approximate surface area is 199 Å². The molecule has 0 aliphatic carbocycles. The molecule has 2 aromatic heterocycles. The highest BCUT2D eigenvalue weighted by Crippen LogP contribution is 2.39. The summed E-state index contributed by atoms with van der Waals surface area (Å²) in [6.45, 7) is 3.32. The van der Waals surface area contributed by atoms with E-state index in [1.54, 1.807) is 17.7 Å². The second-order valence-electron chi connectivity index (χ2n) is 8.43. The van der Waals surface area contributed by atoms with Crippen molar-refractivity contribution in [3.8, 4) is 17.5 Å². The lowest BCUT2D eigenvalue weighted by Gasteiger charge is -2.26. The van der Waals surface area contributed by atoms with Gasteiger partial charge in [0.25, 0.3) is 0 Å². The third kappa shape index (κ3) is 4.76. The van der Waals surface area contributed by atoms with Crippen molar-refractivity contribution in [1.29, 1.82) is 5.26 Å². The monoisotopic (exact) mass is 510 g/mol. The Morgan fingerprint density at radius 1 is 1.26 bits per heavy atom. The molecule has 7 nitrogen and oxygen atoms in total. The number of halogens is 4. The molecule has 0 unspecified atom stereocenters. The maximum Gasteiger partial charge on any atom is 0.404 e. The quantitative estimate of drug-likeness (QED) is 0.506. The SMILES string of the molecule is Cc1cc2c(cc1F)c(C#N)c(-c1ccc(S(=O)(=O)N[C@H](C)C(F)(F)F)cn1)n2C1CCOCC1. The number of fused-ring (bicyclic) bond motifs is 1. The predicted molar refractivity (Wildman–Crippen MR) is 120 cm³/mol. The highest BCUT2D eigenvalue weighted by Gasteiger charge is 2.39. The molecule has 0 saturated carbocycles. The van der Waals surface area contributed by atoms with Crippen molar-refractivity contribution < 1.29 is 30.7 Å². The molecule has 1 saturated heterocycles. The molecule has 1 aliphatic heterocycles. The first-order valence-electron chi connectivity index (χ1n) is 10.8. The van der Waals surface area contributed by atoms with Crippen LogP contribution in [0.15, 0.2) is 35.4 Å². The Bertz CT molecular complexity index is 1400. The minimum Gasteiger partial charge on any atom is -0.381 e. The van der Waals surface area contributed by atoms with Crippen molar-refractivity contribution in [3.05, 3.63) is 47.4 Å². The number of hydrogen-bond donors (Lipinski definition) is 1. The van der Waals surface area contributed by atoms with E-state index < -0.39 is 33.0 Å². The largest absolute Gasteiger partial charge is 0.404 e. The van der Waals surface area contributed by atoms with Gasteiger partial charge < -0.3 is 9.30 Å². The second kappa shape index (κ2) is 9.22. The van der Waals surface area contributed by atoms with Crippen LogP contribution in [0.25, 0.3) is 22.3 Å². The molecule has 12 heteroatoms. The van der Waals surface area contributed by atoms with E-state index in [9.17, 15) is 31.2 Å². The normalized spacial score (nSPS) is 16.4. The molecule has 0 bridgehead atoms. The van der Waals surface area contributed by atoms with Crippen LogP contribution in [0.1, 0.15) is 36.9 Å². The minimum absolute atomic E-state index is 0.0762. The lowest BCUT2D eigenvalue weighted by Crippen LogP contribution is -2.42. The molecule has 35 heavy (non-hydrogen) atoms. The van der Waals surface area contributed by atoms with E-state index in [2.05, 4.69) is 11.1 Å². The number of nitrogens with zero attached hydrogens (tertiary/aromatic N) is 3. The van der Waals surface area contributed by atoms with Crippen LogP contribution < -0.4 is 4.72 Å². The maximum atomic E-state index is 14.4. The van der Waals surface area contributed by atoms with Crippen LogP contribution in [0.2, 0.25) is 0 Å². The minimum atomic E-state index is -4.75. The molecule has 0 radical (unpaired) electrons. The molecular weight excluding hydrogens is 488 g/mol. The number of hydrogen-bond acceptors (Lipinski definition) is 5. The molecule has 186 valence electrons. The van der Waals surface area contributed by atoms with Gasteiger partial charge in [-0.25, -0.2) is 12.8 Å². The van der Waals surface area contributed by atoms with Gasteiger partial charge >= 0.3 is 6.18 Å². The molecule has 1 atom stereocenters. The Kier molecular flexibility index (Phi) is 6.61. The number of alkyl halides is 3. The van der Waals surface area contributed by atoms with Crippen molar-refractivity contribution in [2.24, 2.45) is 0 Å². The number of nitriles is 1. The second-order valence-corrected chi connectivity index (χ2v) is 10.1. The van der Waals surface area contributed by atoms with Gasteiger partial charge in [-0.2, -0.15) is 23.2 Å². The zero-order valence-corrected chi connectivity index (χ0v) is 19.7. The fraction of sp³-hybridized carbons (Fsp3) is 0.391. The van der Waals surface area contributed by atoms with E-state index in [4.69, 9.17) is 4.74 Å². The third-order valence-corrected chi connectivity index (χ3v) is 7.59. The Morgan fingerprint density at radius 2 is 1.94 bits per heavy atom. The number of benzene rings is 1. The highest BCUT2D eigenvalue weighted by molar-refractivity contribution is 7.89. The number of rotatable bonds is 5. The van der Waals surface area contributed by atoms with Gasteiger partial charge in [-0.05, 0) is 56.5 Å². The van der Waals surface area contributed by atoms with Crippen LogP contribution in [0.3, 0.4) is 0 Å². The Balaban J connectivity index is 1.84. The molecule has 3 aromatic rings. The first-order chi connectivity index (χ1) is 16.4. The van der Waals surface area contributed by atoms with E-state index in [0.717, 1.165) is 12.3 Å². The summed E-state index contributed by atoms with van der Waals surface area (Å²) in [4.78, 5) is 3.74. The summed E-state index contributed by atoms with van der Waals surface area (Å²) < 4.78 is 86.7. The smallest absolute Gasteiger partial charge is 0.381 e. The summed E-state index contributed by atoms with van der Waals surface area (Å²) in [6.07, 6.45) is -2.52. The standard InChI is InChI=1S/C23H22F4N4O3S/c1-13-9-21-17(10-19(13)24)18(11-28)22(31(21)15-5-7-34-8-6-15)20-4-3-16(12-29-20)35(32,33)30-14(2)23(25,26)27/h3-4,9-10,12,14-15,30H,5-8H2,1-2H3/t14-/m1/s1. The van der Waals surface area contributed by atoms with Crippen LogP contribution in [-0.2, 0) is 14.8 Å². The summed E-state index contributed by atoms with van der Waals surface area (Å²) in [5, 5.41) is 10.4. The van der Waals surface area contributed by atoms with Crippen LogP contribution in [0, 0.1) is 24.1 Å². The van der Waals surface area contributed by atoms with Crippen LogP contribution in [-0.4, -0.2) is 43.4 Å². The van der Waals surface area contributed by atoms with Gasteiger partial charge in [0.1, 0.15) is 22.8 Å². The summed E-state index contributed by atoms with van der Waals surface area (Å²) in [6, 6.07) is 5.17. The predicted octanol–water partition coefficient (Wildman–Crippen LogP) is 4.60. The van der Waals surface area contributed by atoms with Gasteiger partial charge in [-0.1, -0.05) is 0 Å². The van der Waals surface area contributed by atoms with Crippen LogP contribution in [0.4, 0.5) is 17.6 Å². The number of ether oxygens (including phenoxy) is 1. The van der Waals surface area contributed by atoms with Crippen molar-refractivity contribution >= 4 is 20.9 Å². The summed E-state index contributed by atoms with van der Waals surface area (Å²) >= 11 is 0. The van der Waals surface area contributed by atoms with Crippen molar-refractivity contribution in [2.45, 2.75) is 49.8 Å². The number of sulfonamides is 1. The molecule has 1 aliphatic rings. The molecule has 1 fully saturated rings. The topological polar surface area (TPSA) is 97.0 Å². The number of aromatic nitrogens is 2. The zero-order chi connectivity index (χ0) is 25.5. The zero-order valence-electron chi connectivity index (χ0n) is 18.9. The Hall–Kier alpha value is -3.01. The lowest BCUT2D eigenvalue weighted by molar-refractivity contribution is -0.147. The fourth-order valence-corrected chi connectivity index (χ4v) is 5.34. The maximum absolute atomic E-state index is 14.4. The lowest BCUT2D eigenvalue weighted by atomic mass is 10.1. The number of nitrogens with one attached hydrogen (secondary N) is 1. The average Bonchev–Trinajstić information content (AvgIpc) is 3.12. The van der Waals surface area contributed by atoms with Gasteiger partial charge in [-0.3, -0.25) is 4.98 Å². The number of aryl methyl sites for hydroxylation is 1. The third-order valence-electron chi connectivity index (χ3n) is 6.06. The molecular formula is C23H22F4N4O3S.